The Balaban J connectivity index is 1.53. The predicted octanol–water partition coefficient (Wildman–Crippen LogP) is 11.4. The Labute approximate surface area is 483 Å². The Kier molecular flexibility index (Phi) is 46.0. The molecule has 0 aromatic rings. The van der Waals surface area contributed by atoms with Gasteiger partial charge in [-0.3, -0.25) is 4.79 Å². The van der Waals surface area contributed by atoms with Gasteiger partial charge in [0.15, 0.2) is 12.6 Å². The molecule has 0 spiro atoms. The lowest BCUT2D eigenvalue weighted by Gasteiger charge is -2.46. The van der Waals surface area contributed by atoms with Gasteiger partial charge in [-0.05, 0) is 77.0 Å². The summed E-state index contributed by atoms with van der Waals surface area (Å²) in [4.78, 5) is 13.2. The van der Waals surface area contributed by atoms with E-state index in [2.05, 4.69) is 104 Å². The van der Waals surface area contributed by atoms with Crippen LogP contribution in [0.2, 0.25) is 0 Å². The van der Waals surface area contributed by atoms with Crippen LogP contribution in [0.25, 0.3) is 0 Å². The van der Waals surface area contributed by atoms with Crippen molar-refractivity contribution < 1.29 is 64.6 Å². The maximum Gasteiger partial charge on any atom is 0.220 e. The first-order valence-electron chi connectivity index (χ1n) is 31.5. The molecule has 2 heterocycles. The van der Waals surface area contributed by atoms with Gasteiger partial charge in [0, 0.05) is 6.42 Å². The lowest BCUT2D eigenvalue weighted by Crippen LogP contribution is -2.65. The molecule has 12 unspecified atom stereocenters. The number of aliphatic hydroxyl groups excluding tert-OH is 8. The first-order chi connectivity index (χ1) is 39.1. The highest BCUT2D eigenvalue weighted by Crippen LogP contribution is 2.30. The standard InChI is InChI=1S/C66H113NO13/c1-3-5-7-9-11-12-13-14-15-16-17-18-19-20-21-22-23-24-25-26-27-28-29-30-31-32-33-34-35-36-37-38-39-40-41-42-44-46-48-50-58(71)67-54(55(70)49-47-45-43-10-8-6-4-2)53-77-65-63(76)61(74)64(57(52-69)79-65)80-66-62(75)60(73)59(72)56(51-68)78-66/h5,7,11-12,14-15,17-18,20-21,23-24,26-27,47,49,54-57,59-66,68-70,72-76H,3-4,6,8-10,13,16,19,22,25,28-46,48,50-53H2,1-2H3,(H,67,71)/b7-5-,12-11-,15-14-,18-17-,21-20-,24-23-,27-26-,49-47+. The monoisotopic (exact) mass is 1130 g/mol. The van der Waals surface area contributed by atoms with Crippen LogP contribution >= 0.6 is 0 Å². The van der Waals surface area contributed by atoms with E-state index in [1.807, 2.05) is 6.08 Å². The van der Waals surface area contributed by atoms with Crippen molar-refractivity contribution in [2.45, 2.75) is 293 Å². The number of hydrogen-bond donors (Lipinski definition) is 9. The normalized spacial score (nSPS) is 24.9. The first-order valence-corrected chi connectivity index (χ1v) is 31.5. The molecule has 0 saturated carbocycles. The second kappa shape index (κ2) is 50.4. The number of ether oxygens (including phenoxy) is 4. The summed E-state index contributed by atoms with van der Waals surface area (Å²) in [6, 6.07) is -0.915. The summed E-state index contributed by atoms with van der Waals surface area (Å²) < 4.78 is 22.7. The van der Waals surface area contributed by atoms with Crippen LogP contribution in [0.5, 0.6) is 0 Å². The molecule has 2 aliphatic rings. The predicted molar refractivity (Wildman–Crippen MR) is 323 cm³/mol. The molecule has 2 aliphatic heterocycles. The molecule has 9 N–H and O–H groups in total. The highest BCUT2D eigenvalue weighted by Gasteiger charge is 2.51. The van der Waals surface area contributed by atoms with Crippen LogP contribution in [0.15, 0.2) is 97.2 Å². The molecule has 80 heavy (non-hydrogen) atoms. The van der Waals surface area contributed by atoms with Crippen LogP contribution in [-0.2, 0) is 23.7 Å². The molecular weight excluding hydrogens is 1010 g/mol. The molecule has 0 aromatic carbocycles. The zero-order valence-corrected chi connectivity index (χ0v) is 49.5. The van der Waals surface area contributed by atoms with Gasteiger partial charge in [0.1, 0.15) is 48.8 Å². The van der Waals surface area contributed by atoms with Gasteiger partial charge in [-0.1, -0.05) is 233 Å². The van der Waals surface area contributed by atoms with Crippen molar-refractivity contribution in [3.63, 3.8) is 0 Å². The number of aliphatic hydroxyl groups is 8. The van der Waals surface area contributed by atoms with Gasteiger partial charge in [0.2, 0.25) is 5.91 Å². The van der Waals surface area contributed by atoms with Crippen molar-refractivity contribution >= 4 is 5.91 Å². The van der Waals surface area contributed by atoms with Gasteiger partial charge in [0.25, 0.3) is 0 Å². The zero-order valence-electron chi connectivity index (χ0n) is 49.5. The van der Waals surface area contributed by atoms with Crippen LogP contribution in [0.3, 0.4) is 0 Å². The third-order valence-electron chi connectivity index (χ3n) is 14.8. The van der Waals surface area contributed by atoms with E-state index in [1.54, 1.807) is 6.08 Å². The van der Waals surface area contributed by atoms with Crippen LogP contribution in [0.4, 0.5) is 0 Å². The maximum atomic E-state index is 13.2. The number of rotatable bonds is 49. The molecule has 14 nitrogen and oxygen atoms in total. The molecule has 0 aromatic heterocycles. The molecule has 0 bridgehead atoms. The molecule has 1 amide bonds. The fraction of sp³-hybridized carbons (Fsp3) is 0.742. The number of nitrogens with one attached hydrogen (secondary N) is 1. The average Bonchev–Trinajstić information content (AvgIpc) is 3.48. The summed E-state index contributed by atoms with van der Waals surface area (Å²) in [5.41, 5.74) is 0. The number of unbranched alkanes of at least 4 members (excludes halogenated alkanes) is 22. The van der Waals surface area contributed by atoms with Crippen molar-refractivity contribution in [2.24, 2.45) is 0 Å². The third-order valence-corrected chi connectivity index (χ3v) is 14.8. The molecule has 14 heteroatoms. The van der Waals surface area contributed by atoms with Crippen LogP contribution in [-0.4, -0.2) is 140 Å². The van der Waals surface area contributed by atoms with Gasteiger partial charge in [-0.15, -0.1) is 0 Å². The Bertz CT molecular complexity index is 1710. The molecule has 0 radical (unpaired) electrons. The van der Waals surface area contributed by atoms with Gasteiger partial charge >= 0.3 is 0 Å². The molecular formula is C66H113NO13. The Morgan fingerprint density at radius 3 is 1.32 bits per heavy atom. The smallest absolute Gasteiger partial charge is 0.220 e. The number of carbonyl (C=O) groups is 1. The Morgan fingerprint density at radius 1 is 0.463 bits per heavy atom. The molecule has 0 aliphatic carbocycles. The van der Waals surface area contributed by atoms with E-state index >= 15 is 0 Å². The summed E-state index contributed by atoms with van der Waals surface area (Å²) in [7, 11) is 0. The van der Waals surface area contributed by atoms with Crippen molar-refractivity contribution in [1.82, 2.24) is 5.32 Å². The first kappa shape index (κ1) is 73.0. The second-order valence-electron chi connectivity index (χ2n) is 21.8. The summed E-state index contributed by atoms with van der Waals surface area (Å²) >= 11 is 0. The number of carbonyl (C=O) groups excluding carboxylic acids is 1. The van der Waals surface area contributed by atoms with E-state index in [1.165, 1.54) is 96.3 Å². The summed E-state index contributed by atoms with van der Waals surface area (Å²) in [6.07, 6.45) is 53.7. The van der Waals surface area contributed by atoms with E-state index in [4.69, 9.17) is 18.9 Å². The Morgan fingerprint density at radius 2 is 0.863 bits per heavy atom. The van der Waals surface area contributed by atoms with E-state index in [0.717, 1.165) is 96.3 Å². The van der Waals surface area contributed by atoms with E-state index in [9.17, 15) is 45.6 Å². The number of hydrogen-bond acceptors (Lipinski definition) is 13. The number of allylic oxidation sites excluding steroid dienone is 15. The quantitative estimate of drug-likeness (QED) is 0.0204. The summed E-state index contributed by atoms with van der Waals surface area (Å²) in [6.45, 7) is 2.60. The molecule has 12 atom stereocenters. The van der Waals surface area contributed by atoms with E-state index < -0.39 is 86.8 Å². The third kappa shape index (κ3) is 35.1. The topological polar surface area (TPSA) is 228 Å². The van der Waals surface area contributed by atoms with Crippen LogP contribution < -0.4 is 5.32 Å². The molecule has 2 fully saturated rings. The van der Waals surface area contributed by atoms with Crippen molar-refractivity contribution in [2.75, 3.05) is 19.8 Å². The van der Waals surface area contributed by atoms with Gasteiger partial charge < -0.3 is 65.1 Å². The van der Waals surface area contributed by atoms with Gasteiger partial charge in [-0.25, -0.2) is 0 Å². The summed E-state index contributed by atoms with van der Waals surface area (Å²) in [5.74, 6) is -0.246. The average molecular weight is 1130 g/mol. The minimum atomic E-state index is -1.79. The van der Waals surface area contributed by atoms with Crippen LogP contribution in [0, 0.1) is 0 Å². The van der Waals surface area contributed by atoms with Crippen molar-refractivity contribution in [3.8, 4) is 0 Å². The van der Waals surface area contributed by atoms with Crippen molar-refractivity contribution in [1.29, 1.82) is 0 Å². The van der Waals surface area contributed by atoms with E-state index in [0.29, 0.717) is 6.42 Å². The highest BCUT2D eigenvalue weighted by atomic mass is 16.7. The lowest BCUT2D eigenvalue weighted by atomic mass is 9.97. The largest absolute Gasteiger partial charge is 0.394 e. The zero-order chi connectivity index (χ0) is 58.1. The lowest BCUT2D eigenvalue weighted by molar-refractivity contribution is -0.359. The fourth-order valence-electron chi connectivity index (χ4n) is 9.74. The highest BCUT2D eigenvalue weighted by molar-refractivity contribution is 5.76. The molecule has 460 valence electrons. The van der Waals surface area contributed by atoms with Gasteiger partial charge in [-0.2, -0.15) is 0 Å². The molecule has 2 saturated heterocycles. The second-order valence-corrected chi connectivity index (χ2v) is 21.8. The minimum Gasteiger partial charge on any atom is -0.394 e. The maximum absolute atomic E-state index is 13.2. The molecule has 2 rings (SSSR count). The Hall–Kier alpha value is -3.09. The van der Waals surface area contributed by atoms with E-state index in [-0.39, 0.29) is 18.9 Å². The SMILES string of the molecule is CC/C=C\C/C=C\C/C=C\C/C=C\C/C=C\C/C=C\C/C=C\CCCCCCCCCCCCCCCCCCCC(=O)NC(COC1OC(CO)C(OC2OC(CO)C(O)C(O)C2O)C(O)C1O)C(O)/C=C/CCCCCCC. The van der Waals surface area contributed by atoms with Crippen molar-refractivity contribution in [3.05, 3.63) is 97.2 Å². The van der Waals surface area contributed by atoms with Crippen LogP contribution in [0.1, 0.15) is 219 Å². The van der Waals surface area contributed by atoms with Gasteiger partial charge in [0.05, 0.1) is 32.0 Å². The fourth-order valence-corrected chi connectivity index (χ4v) is 9.74. The summed E-state index contributed by atoms with van der Waals surface area (Å²) in [5, 5.41) is 86.7. The minimum absolute atomic E-state index is 0.246. The number of amides is 1.